The van der Waals surface area contributed by atoms with Gasteiger partial charge in [0.2, 0.25) is 5.95 Å². The monoisotopic (exact) mass is 478 g/mol. The minimum absolute atomic E-state index is 0.166. The molecule has 178 valence electrons. The summed E-state index contributed by atoms with van der Waals surface area (Å²) in [6.45, 7) is 5.92. The van der Waals surface area contributed by atoms with Crippen LogP contribution in [0, 0.1) is 0 Å². The summed E-state index contributed by atoms with van der Waals surface area (Å²) in [5.41, 5.74) is 7.99. The summed E-state index contributed by atoms with van der Waals surface area (Å²) in [6.07, 6.45) is 1.47. The summed E-state index contributed by atoms with van der Waals surface area (Å²) in [5.74, 6) is 0.550. The molecule has 3 heterocycles. The maximum Gasteiger partial charge on any atom is 0.416 e. The van der Waals surface area contributed by atoms with Crippen molar-refractivity contribution in [3.63, 3.8) is 0 Å². The number of alkyl halides is 3. The largest absolute Gasteiger partial charge is 0.416 e. The van der Waals surface area contributed by atoms with E-state index in [2.05, 4.69) is 20.1 Å². The smallest absolute Gasteiger partial charge is 0.368 e. The van der Waals surface area contributed by atoms with Crippen molar-refractivity contribution >= 4 is 17.0 Å². The van der Waals surface area contributed by atoms with Crippen LogP contribution < -0.4 is 5.73 Å². The predicted molar refractivity (Wildman–Crippen MR) is 126 cm³/mol. The molecule has 0 spiro atoms. The SMILES string of the molecule is CC(C)(C)n1c(-c2cc(C(F)(F)F)ccc2-n2cncn2)nc2cc(-c3cnc(N)nc3)ccc21. The van der Waals surface area contributed by atoms with E-state index in [0.29, 0.717) is 17.0 Å². The number of hydrogen-bond donors (Lipinski definition) is 1. The van der Waals surface area contributed by atoms with E-state index in [9.17, 15) is 13.2 Å². The quantitative estimate of drug-likeness (QED) is 0.387. The van der Waals surface area contributed by atoms with Crippen molar-refractivity contribution in [2.75, 3.05) is 5.73 Å². The van der Waals surface area contributed by atoms with Crippen molar-refractivity contribution in [2.24, 2.45) is 0 Å². The Kier molecular flexibility index (Phi) is 5.08. The van der Waals surface area contributed by atoms with Crippen molar-refractivity contribution < 1.29 is 13.2 Å². The van der Waals surface area contributed by atoms with Gasteiger partial charge in [-0.1, -0.05) is 6.07 Å². The Balaban J connectivity index is 1.79. The first-order valence-corrected chi connectivity index (χ1v) is 10.7. The molecular formula is C24H21F3N8. The van der Waals surface area contributed by atoms with Gasteiger partial charge in [0, 0.05) is 29.1 Å². The molecule has 0 saturated carbocycles. The molecule has 0 aliphatic rings. The molecule has 35 heavy (non-hydrogen) atoms. The summed E-state index contributed by atoms with van der Waals surface area (Å²) in [7, 11) is 0. The number of hydrogen-bond acceptors (Lipinski definition) is 6. The number of benzene rings is 2. The highest BCUT2D eigenvalue weighted by molar-refractivity contribution is 5.87. The zero-order valence-corrected chi connectivity index (χ0v) is 19.1. The maximum atomic E-state index is 13.7. The number of aromatic nitrogens is 7. The van der Waals surface area contributed by atoms with Crippen molar-refractivity contribution in [3.8, 4) is 28.2 Å². The third-order valence-corrected chi connectivity index (χ3v) is 5.56. The number of imidazole rings is 1. The van der Waals surface area contributed by atoms with Crippen LogP contribution in [0.5, 0.6) is 0 Å². The van der Waals surface area contributed by atoms with E-state index < -0.39 is 17.3 Å². The van der Waals surface area contributed by atoms with E-state index >= 15 is 0 Å². The van der Waals surface area contributed by atoms with Gasteiger partial charge in [0.1, 0.15) is 18.5 Å². The second-order valence-corrected chi connectivity index (χ2v) is 9.04. The third kappa shape index (κ3) is 4.09. The Labute approximate surface area is 198 Å². The van der Waals surface area contributed by atoms with Gasteiger partial charge in [-0.2, -0.15) is 18.3 Å². The van der Waals surface area contributed by atoms with Crippen molar-refractivity contribution in [1.82, 2.24) is 34.3 Å². The zero-order chi connectivity index (χ0) is 25.0. The number of fused-ring (bicyclic) bond motifs is 1. The van der Waals surface area contributed by atoms with Gasteiger partial charge in [-0.3, -0.25) is 0 Å². The second kappa shape index (κ2) is 7.90. The van der Waals surface area contributed by atoms with Crippen LogP contribution in [0.2, 0.25) is 0 Å². The zero-order valence-electron chi connectivity index (χ0n) is 19.1. The van der Waals surface area contributed by atoms with E-state index in [4.69, 9.17) is 10.7 Å². The molecule has 0 aliphatic carbocycles. The van der Waals surface area contributed by atoms with Crippen molar-refractivity contribution in [2.45, 2.75) is 32.5 Å². The summed E-state index contributed by atoms with van der Waals surface area (Å²) in [6, 6.07) is 9.18. The van der Waals surface area contributed by atoms with Gasteiger partial charge < -0.3 is 10.3 Å². The van der Waals surface area contributed by atoms with E-state index in [1.165, 1.54) is 23.4 Å². The van der Waals surface area contributed by atoms with E-state index in [-0.39, 0.29) is 11.5 Å². The molecular weight excluding hydrogens is 457 g/mol. The molecule has 0 fully saturated rings. The Morgan fingerprint density at radius 1 is 0.914 bits per heavy atom. The first-order valence-electron chi connectivity index (χ1n) is 10.7. The molecule has 0 amide bonds. The first-order chi connectivity index (χ1) is 16.5. The van der Waals surface area contributed by atoms with E-state index in [1.54, 1.807) is 12.4 Å². The standard InChI is InChI=1S/C24H21F3N8/c1-23(2,3)35-20-6-4-14(15-10-30-22(28)31-11-15)8-18(20)33-21(35)17-9-16(24(25,26)27)5-7-19(17)34-13-29-12-32-34/h4-13H,1-3H3,(H2,28,30,31). The lowest BCUT2D eigenvalue weighted by molar-refractivity contribution is -0.137. The van der Waals surface area contributed by atoms with Gasteiger partial charge in [0.05, 0.1) is 22.3 Å². The van der Waals surface area contributed by atoms with Crippen LogP contribution in [0.1, 0.15) is 26.3 Å². The molecule has 8 nitrogen and oxygen atoms in total. The molecule has 2 aromatic carbocycles. The van der Waals surface area contributed by atoms with Gasteiger partial charge in [-0.15, -0.1) is 0 Å². The second-order valence-electron chi connectivity index (χ2n) is 9.04. The number of nitrogens with two attached hydrogens (primary N) is 1. The minimum Gasteiger partial charge on any atom is -0.368 e. The fraction of sp³-hybridized carbons (Fsp3) is 0.208. The number of halogens is 3. The van der Waals surface area contributed by atoms with Crippen LogP contribution in [0.3, 0.4) is 0 Å². The minimum atomic E-state index is -4.52. The average Bonchev–Trinajstić information content (AvgIpc) is 3.46. The molecule has 11 heteroatoms. The summed E-state index contributed by atoms with van der Waals surface area (Å²) in [5, 5.41) is 4.13. The Morgan fingerprint density at radius 3 is 2.29 bits per heavy atom. The van der Waals surface area contributed by atoms with Gasteiger partial charge in [-0.25, -0.2) is 24.6 Å². The molecule has 0 radical (unpaired) electrons. The molecule has 0 saturated heterocycles. The molecule has 3 aromatic heterocycles. The molecule has 5 aromatic rings. The van der Waals surface area contributed by atoms with Gasteiger partial charge in [0.25, 0.3) is 0 Å². The van der Waals surface area contributed by atoms with Gasteiger partial charge in [-0.05, 0) is 56.7 Å². The van der Waals surface area contributed by atoms with E-state index in [0.717, 1.165) is 28.8 Å². The highest BCUT2D eigenvalue weighted by Gasteiger charge is 2.33. The van der Waals surface area contributed by atoms with Gasteiger partial charge in [0.15, 0.2) is 0 Å². The topological polar surface area (TPSA) is 100 Å². The fourth-order valence-corrected chi connectivity index (χ4v) is 4.03. The maximum absolute atomic E-state index is 13.7. The highest BCUT2D eigenvalue weighted by Crippen LogP contribution is 2.38. The van der Waals surface area contributed by atoms with Crippen LogP contribution in [0.15, 0.2) is 61.4 Å². The average molecular weight is 478 g/mol. The first kappa shape index (κ1) is 22.5. The summed E-state index contributed by atoms with van der Waals surface area (Å²) < 4.78 is 44.4. The molecule has 0 aliphatic heterocycles. The number of nitrogens with zero attached hydrogens (tertiary/aromatic N) is 7. The van der Waals surface area contributed by atoms with Crippen molar-refractivity contribution in [1.29, 1.82) is 0 Å². The van der Waals surface area contributed by atoms with Crippen LogP contribution in [0.4, 0.5) is 19.1 Å². The fourth-order valence-electron chi connectivity index (χ4n) is 4.03. The Bertz CT molecular complexity index is 1510. The van der Waals surface area contributed by atoms with Crippen LogP contribution in [-0.2, 0) is 11.7 Å². The summed E-state index contributed by atoms with van der Waals surface area (Å²) >= 11 is 0. The summed E-state index contributed by atoms with van der Waals surface area (Å²) in [4.78, 5) is 16.8. The van der Waals surface area contributed by atoms with Gasteiger partial charge >= 0.3 is 6.18 Å². The van der Waals surface area contributed by atoms with Crippen LogP contribution in [-0.4, -0.2) is 34.3 Å². The molecule has 2 N–H and O–H groups in total. The number of nitrogen functional groups attached to an aromatic ring is 1. The lowest BCUT2D eigenvalue weighted by Gasteiger charge is -2.25. The van der Waals surface area contributed by atoms with Crippen LogP contribution >= 0.6 is 0 Å². The molecule has 0 bridgehead atoms. The number of anilines is 1. The predicted octanol–water partition coefficient (Wildman–Crippen LogP) is 5.10. The lowest BCUT2D eigenvalue weighted by Crippen LogP contribution is -2.23. The molecule has 0 atom stereocenters. The molecule has 5 rings (SSSR count). The molecule has 0 unspecified atom stereocenters. The van der Waals surface area contributed by atoms with Crippen LogP contribution in [0.25, 0.3) is 39.2 Å². The normalized spacial score (nSPS) is 12.4. The lowest BCUT2D eigenvalue weighted by atomic mass is 10.0. The Hall–Kier alpha value is -4.28. The Morgan fingerprint density at radius 2 is 1.66 bits per heavy atom. The van der Waals surface area contributed by atoms with E-state index in [1.807, 2.05) is 43.5 Å². The highest BCUT2D eigenvalue weighted by atomic mass is 19.4. The van der Waals surface area contributed by atoms with Crippen molar-refractivity contribution in [3.05, 3.63) is 67.0 Å². The number of rotatable bonds is 3. The third-order valence-electron chi connectivity index (χ3n) is 5.56.